The summed E-state index contributed by atoms with van der Waals surface area (Å²) >= 11 is 0. The van der Waals surface area contributed by atoms with Gasteiger partial charge in [0, 0.05) is 18.2 Å². The number of nitrogens with zero attached hydrogens (tertiary/aromatic N) is 1. The van der Waals surface area contributed by atoms with Crippen molar-refractivity contribution in [1.29, 1.82) is 0 Å². The Morgan fingerprint density at radius 1 is 1.30 bits per heavy atom. The largest absolute Gasteiger partial charge is 0.318 e. The van der Waals surface area contributed by atoms with Crippen molar-refractivity contribution >= 4 is 11.8 Å². The molecule has 2 N–H and O–H groups in total. The fourth-order valence-electron chi connectivity index (χ4n) is 2.58. The maximum atomic E-state index is 11.9. The van der Waals surface area contributed by atoms with Crippen LogP contribution in [0.25, 0.3) is 0 Å². The zero-order chi connectivity index (χ0) is 14.4. The third kappa shape index (κ3) is 3.88. The van der Waals surface area contributed by atoms with Gasteiger partial charge in [0.1, 0.15) is 0 Å². The van der Waals surface area contributed by atoms with Crippen LogP contribution in [0.4, 0.5) is 0 Å². The van der Waals surface area contributed by atoms with Crippen LogP contribution in [0.3, 0.4) is 0 Å². The molecule has 1 fully saturated rings. The molecule has 1 aliphatic heterocycles. The second kappa shape index (κ2) is 7.17. The molecule has 0 aromatic heterocycles. The van der Waals surface area contributed by atoms with Gasteiger partial charge >= 0.3 is 0 Å². The maximum absolute atomic E-state index is 11.9. The van der Waals surface area contributed by atoms with Crippen LogP contribution in [0.5, 0.6) is 0 Å². The van der Waals surface area contributed by atoms with E-state index in [9.17, 15) is 9.59 Å². The predicted octanol–water partition coefficient (Wildman–Crippen LogP) is 0.627. The van der Waals surface area contributed by atoms with Crippen molar-refractivity contribution in [1.82, 2.24) is 15.5 Å². The standard InChI is InChI=1S/C15H21N3O2/c1-16-10-13-8-5-9-18(13)11-14(19)17-15(20)12-6-3-2-4-7-12/h2-4,6-7,13,16H,5,8-11H2,1H3,(H,17,19,20). The maximum Gasteiger partial charge on any atom is 0.257 e. The Bertz CT molecular complexity index is 461. The van der Waals surface area contributed by atoms with E-state index in [0.717, 1.165) is 25.9 Å². The Balaban J connectivity index is 1.85. The average molecular weight is 275 g/mol. The fourth-order valence-corrected chi connectivity index (χ4v) is 2.58. The number of carbonyl (C=O) groups is 2. The van der Waals surface area contributed by atoms with Crippen LogP contribution in [0.15, 0.2) is 30.3 Å². The number of carbonyl (C=O) groups excluding carboxylic acids is 2. The van der Waals surface area contributed by atoms with Crippen LogP contribution in [-0.2, 0) is 4.79 Å². The van der Waals surface area contributed by atoms with E-state index in [1.54, 1.807) is 24.3 Å². The van der Waals surface area contributed by atoms with Crippen molar-refractivity contribution in [2.75, 3.05) is 26.7 Å². The number of amides is 2. The number of likely N-dealkylation sites (N-methyl/N-ethyl adjacent to an activating group) is 1. The second-order valence-electron chi connectivity index (χ2n) is 5.07. The molecule has 0 radical (unpaired) electrons. The van der Waals surface area contributed by atoms with Gasteiger partial charge in [0.2, 0.25) is 5.91 Å². The van der Waals surface area contributed by atoms with Gasteiger partial charge in [-0.25, -0.2) is 0 Å². The molecule has 0 saturated carbocycles. The van der Waals surface area contributed by atoms with Crippen LogP contribution in [0.2, 0.25) is 0 Å². The minimum Gasteiger partial charge on any atom is -0.318 e. The van der Waals surface area contributed by atoms with E-state index < -0.39 is 0 Å². The lowest BCUT2D eigenvalue weighted by atomic mass is 10.2. The molecule has 0 spiro atoms. The summed E-state index contributed by atoms with van der Waals surface area (Å²) in [6, 6.07) is 9.18. The molecule has 1 unspecified atom stereocenters. The van der Waals surface area contributed by atoms with Crippen LogP contribution in [0, 0.1) is 0 Å². The average Bonchev–Trinajstić information content (AvgIpc) is 2.87. The van der Waals surface area contributed by atoms with Crippen molar-refractivity contribution < 1.29 is 9.59 Å². The molecule has 0 aliphatic carbocycles. The molecule has 1 saturated heterocycles. The van der Waals surface area contributed by atoms with E-state index in [0.29, 0.717) is 11.6 Å². The summed E-state index contributed by atoms with van der Waals surface area (Å²) < 4.78 is 0. The third-order valence-corrected chi connectivity index (χ3v) is 3.57. The van der Waals surface area contributed by atoms with Gasteiger partial charge in [-0.1, -0.05) is 18.2 Å². The van der Waals surface area contributed by atoms with Crippen LogP contribution in [0.1, 0.15) is 23.2 Å². The lowest BCUT2D eigenvalue weighted by Crippen LogP contribution is -2.44. The molecular weight excluding hydrogens is 254 g/mol. The predicted molar refractivity (Wildman–Crippen MR) is 77.4 cm³/mol. The van der Waals surface area contributed by atoms with Gasteiger partial charge in [-0.2, -0.15) is 0 Å². The highest BCUT2D eigenvalue weighted by atomic mass is 16.2. The van der Waals surface area contributed by atoms with E-state index in [1.165, 1.54) is 0 Å². The van der Waals surface area contributed by atoms with Crippen molar-refractivity contribution in [3.63, 3.8) is 0 Å². The van der Waals surface area contributed by atoms with Gasteiger partial charge in [-0.15, -0.1) is 0 Å². The minimum absolute atomic E-state index is 0.234. The number of benzene rings is 1. The molecule has 1 aliphatic rings. The quantitative estimate of drug-likeness (QED) is 0.827. The van der Waals surface area contributed by atoms with Gasteiger partial charge in [0.05, 0.1) is 6.54 Å². The van der Waals surface area contributed by atoms with E-state index in [4.69, 9.17) is 0 Å². The molecular formula is C15H21N3O2. The highest BCUT2D eigenvalue weighted by Crippen LogP contribution is 2.15. The summed E-state index contributed by atoms with van der Waals surface area (Å²) in [5, 5.41) is 5.59. The summed E-state index contributed by atoms with van der Waals surface area (Å²) in [6.07, 6.45) is 2.20. The second-order valence-corrected chi connectivity index (χ2v) is 5.07. The third-order valence-electron chi connectivity index (χ3n) is 3.57. The molecule has 2 rings (SSSR count). The molecule has 1 atom stereocenters. The Morgan fingerprint density at radius 2 is 2.05 bits per heavy atom. The zero-order valence-electron chi connectivity index (χ0n) is 11.8. The normalized spacial score (nSPS) is 18.9. The molecule has 20 heavy (non-hydrogen) atoms. The number of hydrogen-bond donors (Lipinski definition) is 2. The molecule has 1 aromatic rings. The number of imide groups is 1. The molecule has 5 nitrogen and oxygen atoms in total. The Morgan fingerprint density at radius 3 is 2.75 bits per heavy atom. The van der Waals surface area contributed by atoms with Crippen molar-refractivity contribution in [2.24, 2.45) is 0 Å². The molecule has 1 heterocycles. The number of hydrogen-bond acceptors (Lipinski definition) is 4. The lowest BCUT2D eigenvalue weighted by molar-refractivity contribution is -0.121. The van der Waals surface area contributed by atoms with E-state index in [-0.39, 0.29) is 18.4 Å². The summed E-state index contributed by atoms with van der Waals surface area (Å²) in [4.78, 5) is 25.9. The zero-order valence-corrected chi connectivity index (χ0v) is 11.8. The molecule has 2 amide bonds. The monoisotopic (exact) mass is 275 g/mol. The highest BCUT2D eigenvalue weighted by molar-refractivity contribution is 6.05. The summed E-state index contributed by atoms with van der Waals surface area (Å²) in [7, 11) is 1.91. The van der Waals surface area contributed by atoms with Crippen molar-refractivity contribution in [3.8, 4) is 0 Å². The Kier molecular flexibility index (Phi) is 5.26. The number of nitrogens with one attached hydrogen (secondary N) is 2. The highest BCUT2D eigenvalue weighted by Gasteiger charge is 2.25. The molecule has 108 valence electrons. The number of likely N-dealkylation sites (tertiary alicyclic amines) is 1. The smallest absolute Gasteiger partial charge is 0.257 e. The van der Waals surface area contributed by atoms with Gasteiger partial charge in [0.15, 0.2) is 0 Å². The van der Waals surface area contributed by atoms with Gasteiger partial charge in [-0.05, 0) is 38.6 Å². The van der Waals surface area contributed by atoms with E-state index in [1.807, 2.05) is 13.1 Å². The Hall–Kier alpha value is -1.72. The summed E-state index contributed by atoms with van der Waals surface area (Å²) in [6.45, 7) is 2.07. The summed E-state index contributed by atoms with van der Waals surface area (Å²) in [5.41, 5.74) is 0.508. The van der Waals surface area contributed by atoms with Gasteiger partial charge in [-0.3, -0.25) is 19.8 Å². The Labute approximate surface area is 119 Å². The van der Waals surface area contributed by atoms with Crippen molar-refractivity contribution in [2.45, 2.75) is 18.9 Å². The SMILES string of the molecule is CNCC1CCCN1CC(=O)NC(=O)c1ccccc1. The lowest BCUT2D eigenvalue weighted by Gasteiger charge is -2.23. The molecule has 0 bridgehead atoms. The van der Waals surface area contributed by atoms with Crippen LogP contribution in [-0.4, -0.2) is 49.4 Å². The fraction of sp³-hybridized carbons (Fsp3) is 0.467. The first kappa shape index (κ1) is 14.7. The first-order chi connectivity index (χ1) is 9.70. The number of rotatable bonds is 5. The first-order valence-electron chi connectivity index (χ1n) is 6.98. The molecule has 5 heteroatoms. The van der Waals surface area contributed by atoms with Gasteiger partial charge < -0.3 is 5.32 Å². The first-order valence-corrected chi connectivity index (χ1v) is 6.98. The van der Waals surface area contributed by atoms with E-state index >= 15 is 0 Å². The van der Waals surface area contributed by atoms with Crippen molar-refractivity contribution in [3.05, 3.63) is 35.9 Å². The van der Waals surface area contributed by atoms with Crippen LogP contribution >= 0.6 is 0 Å². The summed E-state index contributed by atoms with van der Waals surface area (Å²) in [5.74, 6) is -0.568. The van der Waals surface area contributed by atoms with E-state index in [2.05, 4.69) is 15.5 Å². The molecule has 1 aromatic carbocycles. The van der Waals surface area contributed by atoms with Crippen LogP contribution < -0.4 is 10.6 Å². The van der Waals surface area contributed by atoms with Gasteiger partial charge in [0.25, 0.3) is 5.91 Å². The topological polar surface area (TPSA) is 61.4 Å². The minimum atomic E-state index is -0.333.